The molecule has 3 rings (SSSR count). The molecular formula is C22H21FN4O3. The highest BCUT2D eigenvalue weighted by molar-refractivity contribution is 6.00. The molecule has 154 valence electrons. The smallest absolute Gasteiger partial charge is 0.276 e. The van der Waals surface area contributed by atoms with Crippen molar-refractivity contribution in [2.24, 2.45) is 0 Å². The first kappa shape index (κ1) is 20.8. The van der Waals surface area contributed by atoms with Gasteiger partial charge in [0.05, 0.1) is 5.56 Å². The van der Waals surface area contributed by atoms with Crippen LogP contribution in [0.5, 0.6) is 5.75 Å². The lowest BCUT2D eigenvalue weighted by atomic mass is 10.1. The van der Waals surface area contributed by atoms with Crippen molar-refractivity contribution in [1.29, 1.82) is 0 Å². The maximum atomic E-state index is 13.4. The Hall–Kier alpha value is -3.94. The molecule has 1 aromatic heterocycles. The Kier molecular flexibility index (Phi) is 6.94. The van der Waals surface area contributed by atoms with E-state index in [1.807, 2.05) is 25.1 Å². The van der Waals surface area contributed by atoms with Crippen LogP contribution in [0.3, 0.4) is 0 Å². The molecule has 0 radical (unpaired) electrons. The van der Waals surface area contributed by atoms with Gasteiger partial charge in [-0.05, 0) is 48.4 Å². The predicted molar refractivity (Wildman–Crippen MR) is 111 cm³/mol. The highest BCUT2D eigenvalue weighted by Crippen LogP contribution is 2.19. The SMILES string of the molecule is CCc1ccccc1OCC(=O)NNC(=O)c1cccnc1Nc1cccc(F)c1. The number of hydrogen-bond acceptors (Lipinski definition) is 5. The van der Waals surface area contributed by atoms with E-state index in [0.717, 1.165) is 12.0 Å². The quantitative estimate of drug-likeness (QED) is 0.522. The molecule has 0 bridgehead atoms. The Bertz CT molecular complexity index is 1040. The summed E-state index contributed by atoms with van der Waals surface area (Å²) in [6, 6.07) is 16.3. The van der Waals surface area contributed by atoms with Crippen molar-refractivity contribution in [2.45, 2.75) is 13.3 Å². The van der Waals surface area contributed by atoms with Crippen molar-refractivity contribution in [3.8, 4) is 5.75 Å². The molecule has 30 heavy (non-hydrogen) atoms. The number of rotatable bonds is 7. The largest absolute Gasteiger partial charge is 0.483 e. The lowest BCUT2D eigenvalue weighted by molar-refractivity contribution is -0.123. The van der Waals surface area contributed by atoms with E-state index in [0.29, 0.717) is 11.4 Å². The zero-order valence-corrected chi connectivity index (χ0v) is 16.3. The molecule has 0 saturated heterocycles. The van der Waals surface area contributed by atoms with Gasteiger partial charge in [-0.3, -0.25) is 20.4 Å². The molecule has 2 amide bonds. The van der Waals surface area contributed by atoms with E-state index in [2.05, 4.69) is 21.2 Å². The summed E-state index contributed by atoms with van der Waals surface area (Å²) in [4.78, 5) is 28.6. The first-order valence-electron chi connectivity index (χ1n) is 9.34. The summed E-state index contributed by atoms with van der Waals surface area (Å²) in [5.74, 6) is -0.667. The van der Waals surface area contributed by atoms with E-state index >= 15 is 0 Å². The number of amides is 2. The van der Waals surface area contributed by atoms with Crippen LogP contribution >= 0.6 is 0 Å². The van der Waals surface area contributed by atoms with E-state index < -0.39 is 17.6 Å². The number of carbonyl (C=O) groups is 2. The molecule has 2 aromatic carbocycles. The third-order valence-corrected chi connectivity index (χ3v) is 4.17. The number of pyridine rings is 1. The molecule has 3 aromatic rings. The fourth-order valence-corrected chi connectivity index (χ4v) is 2.70. The third kappa shape index (κ3) is 5.54. The van der Waals surface area contributed by atoms with Crippen molar-refractivity contribution in [3.63, 3.8) is 0 Å². The number of hydrazine groups is 1. The summed E-state index contributed by atoms with van der Waals surface area (Å²) >= 11 is 0. The molecule has 7 nitrogen and oxygen atoms in total. The molecule has 0 atom stereocenters. The molecule has 3 N–H and O–H groups in total. The normalized spacial score (nSPS) is 10.2. The monoisotopic (exact) mass is 408 g/mol. The molecule has 0 aliphatic rings. The van der Waals surface area contributed by atoms with Crippen LogP contribution in [0.1, 0.15) is 22.8 Å². The van der Waals surface area contributed by atoms with Crippen molar-refractivity contribution in [1.82, 2.24) is 15.8 Å². The van der Waals surface area contributed by atoms with Gasteiger partial charge in [0.2, 0.25) is 0 Å². The van der Waals surface area contributed by atoms with Crippen molar-refractivity contribution in [2.75, 3.05) is 11.9 Å². The number of benzene rings is 2. The predicted octanol–water partition coefficient (Wildman–Crippen LogP) is 3.37. The van der Waals surface area contributed by atoms with E-state index in [1.165, 1.54) is 30.5 Å². The highest BCUT2D eigenvalue weighted by atomic mass is 19.1. The van der Waals surface area contributed by atoms with E-state index in [1.54, 1.807) is 18.2 Å². The number of para-hydroxylation sites is 1. The second-order valence-electron chi connectivity index (χ2n) is 6.29. The highest BCUT2D eigenvalue weighted by Gasteiger charge is 2.14. The minimum atomic E-state index is -0.579. The van der Waals surface area contributed by atoms with Crippen LogP contribution < -0.4 is 20.9 Å². The van der Waals surface area contributed by atoms with Gasteiger partial charge >= 0.3 is 0 Å². The topological polar surface area (TPSA) is 92.4 Å². The average Bonchev–Trinajstić information content (AvgIpc) is 2.76. The van der Waals surface area contributed by atoms with Crippen molar-refractivity contribution in [3.05, 3.63) is 83.8 Å². The van der Waals surface area contributed by atoms with Crippen LogP contribution in [0.25, 0.3) is 0 Å². The van der Waals surface area contributed by atoms with Gasteiger partial charge in [-0.2, -0.15) is 0 Å². The summed E-state index contributed by atoms with van der Waals surface area (Å²) in [5, 5.41) is 2.89. The Morgan fingerprint density at radius 3 is 2.67 bits per heavy atom. The number of ether oxygens (including phenoxy) is 1. The van der Waals surface area contributed by atoms with Crippen LogP contribution in [-0.4, -0.2) is 23.4 Å². The second-order valence-corrected chi connectivity index (χ2v) is 6.29. The lowest BCUT2D eigenvalue weighted by Crippen LogP contribution is -2.44. The summed E-state index contributed by atoms with van der Waals surface area (Å²) in [6.07, 6.45) is 2.27. The average molecular weight is 408 g/mol. The zero-order valence-electron chi connectivity index (χ0n) is 16.3. The molecular weight excluding hydrogens is 387 g/mol. The number of carbonyl (C=O) groups excluding carboxylic acids is 2. The van der Waals surface area contributed by atoms with E-state index in [9.17, 15) is 14.0 Å². The van der Waals surface area contributed by atoms with Gasteiger partial charge in [-0.25, -0.2) is 9.37 Å². The van der Waals surface area contributed by atoms with Gasteiger partial charge < -0.3 is 10.1 Å². The summed E-state index contributed by atoms with van der Waals surface area (Å²) in [7, 11) is 0. The van der Waals surface area contributed by atoms with Gasteiger partial charge in [0.25, 0.3) is 11.8 Å². The van der Waals surface area contributed by atoms with Crippen LogP contribution in [-0.2, 0) is 11.2 Å². The molecule has 0 fully saturated rings. The molecule has 0 spiro atoms. The summed E-state index contributed by atoms with van der Waals surface area (Å²) in [5.41, 5.74) is 6.24. The molecule has 0 saturated carbocycles. The first-order chi connectivity index (χ1) is 14.6. The van der Waals surface area contributed by atoms with Crippen LogP contribution in [0.15, 0.2) is 66.9 Å². The summed E-state index contributed by atoms with van der Waals surface area (Å²) in [6.45, 7) is 1.74. The van der Waals surface area contributed by atoms with Crippen LogP contribution in [0, 0.1) is 5.82 Å². The maximum absolute atomic E-state index is 13.4. The number of aryl methyl sites for hydroxylation is 1. The maximum Gasteiger partial charge on any atom is 0.276 e. The number of aromatic nitrogens is 1. The second kappa shape index (κ2) is 10.0. The van der Waals surface area contributed by atoms with Gasteiger partial charge in [-0.15, -0.1) is 0 Å². The molecule has 1 heterocycles. The number of halogens is 1. The van der Waals surface area contributed by atoms with Crippen molar-refractivity contribution >= 4 is 23.3 Å². The standard InChI is InChI=1S/C22H21FN4O3/c1-2-15-7-3-4-11-19(15)30-14-20(28)26-27-22(29)18-10-6-12-24-21(18)25-17-9-5-8-16(23)13-17/h3-13H,2,14H2,1H3,(H,24,25)(H,26,28)(H,27,29). The zero-order chi connectivity index (χ0) is 21.3. The third-order valence-electron chi connectivity index (χ3n) is 4.17. The van der Waals surface area contributed by atoms with E-state index in [4.69, 9.17) is 4.74 Å². The number of anilines is 2. The van der Waals surface area contributed by atoms with Gasteiger partial charge in [0.15, 0.2) is 6.61 Å². The lowest BCUT2D eigenvalue weighted by Gasteiger charge is -2.13. The molecule has 0 aliphatic heterocycles. The molecule has 8 heteroatoms. The Morgan fingerprint density at radius 1 is 1.03 bits per heavy atom. The summed E-state index contributed by atoms with van der Waals surface area (Å²) < 4.78 is 18.9. The number of hydrogen-bond donors (Lipinski definition) is 3. The molecule has 0 aliphatic carbocycles. The Balaban J connectivity index is 1.58. The van der Waals surface area contributed by atoms with Gasteiger partial charge in [0, 0.05) is 11.9 Å². The number of nitrogens with zero attached hydrogens (tertiary/aromatic N) is 1. The minimum Gasteiger partial charge on any atom is -0.483 e. The fourth-order valence-electron chi connectivity index (χ4n) is 2.70. The van der Waals surface area contributed by atoms with Crippen molar-refractivity contribution < 1.29 is 18.7 Å². The van der Waals surface area contributed by atoms with Gasteiger partial charge in [0.1, 0.15) is 17.4 Å². The van der Waals surface area contributed by atoms with E-state index in [-0.39, 0.29) is 18.0 Å². The van der Waals surface area contributed by atoms with Gasteiger partial charge in [-0.1, -0.05) is 31.2 Å². The molecule has 0 unspecified atom stereocenters. The van der Waals surface area contributed by atoms with Crippen LogP contribution in [0.4, 0.5) is 15.9 Å². The Labute approximate surface area is 173 Å². The Morgan fingerprint density at radius 2 is 1.87 bits per heavy atom. The van der Waals surface area contributed by atoms with Crippen LogP contribution in [0.2, 0.25) is 0 Å². The first-order valence-corrected chi connectivity index (χ1v) is 9.34. The fraction of sp³-hybridized carbons (Fsp3) is 0.136. The minimum absolute atomic E-state index is 0.180. The number of nitrogens with one attached hydrogen (secondary N) is 3.